The van der Waals surface area contributed by atoms with E-state index in [1.54, 1.807) is 0 Å². The Kier molecular flexibility index (Phi) is 4.58. The summed E-state index contributed by atoms with van der Waals surface area (Å²) in [7, 11) is 0. The third kappa shape index (κ3) is 3.22. The van der Waals surface area contributed by atoms with Crippen LogP contribution in [0, 0.1) is 5.92 Å². The van der Waals surface area contributed by atoms with Crippen molar-refractivity contribution in [1.29, 1.82) is 0 Å². The Morgan fingerprint density at radius 3 is 2.83 bits per heavy atom. The van der Waals surface area contributed by atoms with Gasteiger partial charge in [0.25, 0.3) is 0 Å². The van der Waals surface area contributed by atoms with Crippen LogP contribution in [0.2, 0.25) is 0 Å². The fraction of sp³-hybridized carbons (Fsp3) is 0.333. The molecule has 94 valence electrons. The maximum absolute atomic E-state index is 2.34. The molecule has 1 aliphatic rings. The minimum atomic E-state index is 0.542. The second-order valence-corrected chi connectivity index (χ2v) is 5.04. The Morgan fingerprint density at radius 1 is 1.17 bits per heavy atom. The summed E-state index contributed by atoms with van der Waals surface area (Å²) in [5.74, 6) is 1.15. The van der Waals surface area contributed by atoms with Crippen LogP contribution >= 0.6 is 0 Å². The zero-order valence-electron chi connectivity index (χ0n) is 11.3. The topological polar surface area (TPSA) is 0 Å². The number of allylic oxidation sites excluding steroid dienone is 6. The lowest BCUT2D eigenvalue weighted by Crippen LogP contribution is -2.04. The smallest absolute Gasteiger partial charge is 0.00448 e. The van der Waals surface area contributed by atoms with Gasteiger partial charge in [0.1, 0.15) is 0 Å². The third-order valence-electron chi connectivity index (χ3n) is 3.59. The van der Waals surface area contributed by atoms with Gasteiger partial charge in [-0.15, -0.1) is 0 Å². The zero-order chi connectivity index (χ0) is 12.8. The molecule has 0 heterocycles. The summed E-state index contributed by atoms with van der Waals surface area (Å²) in [6.07, 6.45) is 15.6. The normalized spacial score (nSPS) is 24.1. The average Bonchev–Trinajstić information content (AvgIpc) is 2.38. The van der Waals surface area contributed by atoms with Crippen molar-refractivity contribution < 1.29 is 0 Å². The van der Waals surface area contributed by atoms with Crippen LogP contribution in [0.3, 0.4) is 0 Å². The molecule has 0 aliphatic heterocycles. The fourth-order valence-corrected chi connectivity index (χ4v) is 2.68. The molecule has 0 N–H and O–H groups in total. The third-order valence-corrected chi connectivity index (χ3v) is 3.59. The van der Waals surface area contributed by atoms with Crippen molar-refractivity contribution in [2.45, 2.75) is 32.6 Å². The molecule has 0 amide bonds. The molecule has 1 aliphatic carbocycles. The summed E-state index contributed by atoms with van der Waals surface area (Å²) < 4.78 is 0. The number of fused-ring (bicyclic) bond motifs is 1. The van der Waals surface area contributed by atoms with E-state index in [1.807, 2.05) is 0 Å². The Morgan fingerprint density at radius 2 is 2.00 bits per heavy atom. The molecule has 1 aromatic carbocycles. The summed E-state index contributed by atoms with van der Waals surface area (Å²) in [5.41, 5.74) is 2.97. The molecule has 2 atom stereocenters. The van der Waals surface area contributed by atoms with Gasteiger partial charge in [-0.2, -0.15) is 0 Å². The van der Waals surface area contributed by atoms with E-state index in [-0.39, 0.29) is 0 Å². The van der Waals surface area contributed by atoms with Gasteiger partial charge in [0, 0.05) is 0 Å². The van der Waals surface area contributed by atoms with E-state index >= 15 is 0 Å². The van der Waals surface area contributed by atoms with Gasteiger partial charge in [-0.3, -0.25) is 0 Å². The first-order valence-corrected chi connectivity index (χ1v) is 6.85. The number of rotatable bonds is 1. The van der Waals surface area contributed by atoms with Crippen LogP contribution in [-0.2, 0) is 6.42 Å². The van der Waals surface area contributed by atoms with Crippen molar-refractivity contribution in [3.63, 3.8) is 0 Å². The summed E-state index contributed by atoms with van der Waals surface area (Å²) >= 11 is 0. The monoisotopic (exact) mass is 238 g/mol. The van der Waals surface area contributed by atoms with E-state index in [4.69, 9.17) is 0 Å². The highest BCUT2D eigenvalue weighted by molar-refractivity contribution is 5.33. The van der Waals surface area contributed by atoms with Crippen molar-refractivity contribution in [1.82, 2.24) is 0 Å². The van der Waals surface area contributed by atoms with Crippen LogP contribution in [0.1, 0.15) is 37.3 Å². The lowest BCUT2D eigenvalue weighted by molar-refractivity contribution is 0.604. The van der Waals surface area contributed by atoms with Crippen molar-refractivity contribution in [3.8, 4) is 0 Å². The quantitative estimate of drug-likeness (QED) is 0.601. The van der Waals surface area contributed by atoms with E-state index in [1.165, 1.54) is 17.5 Å². The van der Waals surface area contributed by atoms with Gasteiger partial charge in [-0.25, -0.2) is 0 Å². The minimum absolute atomic E-state index is 0.542. The first-order chi connectivity index (χ1) is 8.81. The molecule has 0 heteroatoms. The van der Waals surface area contributed by atoms with Crippen molar-refractivity contribution in [2.24, 2.45) is 5.92 Å². The predicted octanol–water partition coefficient (Wildman–Crippen LogP) is 5.04. The van der Waals surface area contributed by atoms with Crippen LogP contribution in [0.15, 0.2) is 60.7 Å². The summed E-state index contributed by atoms with van der Waals surface area (Å²) in [4.78, 5) is 0. The van der Waals surface area contributed by atoms with Gasteiger partial charge in [0.2, 0.25) is 0 Å². The van der Waals surface area contributed by atoms with Crippen LogP contribution in [0.25, 0.3) is 0 Å². The van der Waals surface area contributed by atoms with Gasteiger partial charge < -0.3 is 0 Å². The summed E-state index contributed by atoms with van der Waals surface area (Å²) in [6.45, 7) is 4.44. The zero-order valence-corrected chi connectivity index (χ0v) is 11.3. The van der Waals surface area contributed by atoms with E-state index in [9.17, 15) is 0 Å². The molecule has 0 bridgehead atoms. The van der Waals surface area contributed by atoms with Crippen LogP contribution in [0.5, 0.6) is 0 Å². The second kappa shape index (κ2) is 6.39. The van der Waals surface area contributed by atoms with Gasteiger partial charge in [0.05, 0.1) is 0 Å². The maximum Gasteiger partial charge on any atom is -0.00448 e. The van der Waals surface area contributed by atoms with Crippen LogP contribution < -0.4 is 0 Å². The first kappa shape index (κ1) is 12.9. The van der Waals surface area contributed by atoms with Crippen molar-refractivity contribution >= 4 is 0 Å². The summed E-state index contributed by atoms with van der Waals surface area (Å²) in [6, 6.07) is 8.84. The molecule has 0 saturated heterocycles. The molecule has 0 nitrogen and oxygen atoms in total. The van der Waals surface area contributed by atoms with E-state index in [0.29, 0.717) is 11.8 Å². The number of hydrogen-bond donors (Lipinski definition) is 0. The molecule has 0 spiro atoms. The Labute approximate surface area is 111 Å². The fourth-order valence-electron chi connectivity index (χ4n) is 2.68. The molecule has 0 radical (unpaired) electrons. The van der Waals surface area contributed by atoms with Gasteiger partial charge in [-0.05, 0) is 42.7 Å². The molecular formula is C18H22. The Hall–Kier alpha value is -1.56. The molecule has 0 aromatic heterocycles. The minimum Gasteiger partial charge on any atom is -0.0911 e. The SMILES string of the molecule is CC=CC1C=CC=CCc2ccccc2C(C)C1. The molecule has 0 fully saturated rings. The standard InChI is InChI=1S/C18H22/c1-3-9-16-10-5-4-6-11-17-12-7-8-13-18(17)15(2)14-16/h3-10,12-13,15-16H,11,14H2,1-2H3. The molecule has 2 rings (SSSR count). The van der Waals surface area contributed by atoms with E-state index in [2.05, 4.69) is 74.6 Å². The van der Waals surface area contributed by atoms with Crippen LogP contribution in [0.4, 0.5) is 0 Å². The lowest BCUT2D eigenvalue weighted by Gasteiger charge is -2.19. The Bertz CT molecular complexity index is 463. The highest BCUT2D eigenvalue weighted by Gasteiger charge is 2.13. The molecule has 1 aromatic rings. The molecule has 2 unspecified atom stereocenters. The maximum atomic E-state index is 2.34. The van der Waals surface area contributed by atoms with E-state index in [0.717, 1.165) is 6.42 Å². The van der Waals surface area contributed by atoms with Gasteiger partial charge in [-0.1, -0.05) is 67.6 Å². The molecule has 18 heavy (non-hydrogen) atoms. The number of benzene rings is 1. The van der Waals surface area contributed by atoms with Crippen LogP contribution in [-0.4, -0.2) is 0 Å². The van der Waals surface area contributed by atoms with Gasteiger partial charge in [0.15, 0.2) is 0 Å². The second-order valence-electron chi connectivity index (χ2n) is 5.04. The first-order valence-electron chi connectivity index (χ1n) is 6.85. The lowest BCUT2D eigenvalue weighted by atomic mass is 9.86. The number of hydrogen-bond acceptors (Lipinski definition) is 0. The highest BCUT2D eigenvalue weighted by Crippen LogP contribution is 2.28. The average molecular weight is 238 g/mol. The van der Waals surface area contributed by atoms with Crippen molar-refractivity contribution in [2.75, 3.05) is 0 Å². The van der Waals surface area contributed by atoms with E-state index < -0.39 is 0 Å². The molecule has 0 saturated carbocycles. The predicted molar refractivity (Wildman–Crippen MR) is 79.8 cm³/mol. The highest BCUT2D eigenvalue weighted by atomic mass is 14.2. The molecular weight excluding hydrogens is 216 g/mol. The Balaban J connectivity index is 2.32. The summed E-state index contributed by atoms with van der Waals surface area (Å²) in [5, 5.41) is 0. The van der Waals surface area contributed by atoms with Crippen molar-refractivity contribution in [3.05, 3.63) is 71.8 Å². The van der Waals surface area contributed by atoms with Gasteiger partial charge >= 0.3 is 0 Å². The largest absolute Gasteiger partial charge is 0.0911 e.